The van der Waals surface area contributed by atoms with Crippen LogP contribution in [0.25, 0.3) is 12.2 Å². The van der Waals surface area contributed by atoms with Crippen LogP contribution in [0.2, 0.25) is 0 Å². The summed E-state index contributed by atoms with van der Waals surface area (Å²) in [5, 5.41) is 9.30. The van der Waals surface area contributed by atoms with Crippen LogP contribution in [0, 0.1) is 11.3 Å². The van der Waals surface area contributed by atoms with Gasteiger partial charge in [-0.05, 0) is 11.6 Å². The van der Waals surface area contributed by atoms with Gasteiger partial charge in [0.15, 0.2) is 0 Å². The smallest absolute Gasteiger partial charge is 0.235 e. The lowest BCUT2D eigenvalue weighted by atomic mass is 10.2. The lowest BCUT2D eigenvalue weighted by molar-refractivity contribution is -0.129. The summed E-state index contributed by atoms with van der Waals surface area (Å²) in [5.41, 5.74) is 1.31. The Hall–Kier alpha value is -3.07. The Bertz CT molecular complexity index is 781. The minimum Gasteiger partial charge on any atom is -0.420 e. The van der Waals surface area contributed by atoms with Crippen LogP contribution in [0.3, 0.4) is 0 Å². The highest BCUT2D eigenvalue weighted by atomic mass is 16.4. The molecule has 6 heteroatoms. The molecular formula is C18H18N4O2. The van der Waals surface area contributed by atoms with Crippen molar-refractivity contribution in [2.45, 2.75) is 6.92 Å². The van der Waals surface area contributed by atoms with Gasteiger partial charge in [0.1, 0.15) is 6.07 Å². The Labute approximate surface area is 140 Å². The number of oxazole rings is 1. The fourth-order valence-corrected chi connectivity index (χ4v) is 2.64. The summed E-state index contributed by atoms with van der Waals surface area (Å²) >= 11 is 0. The zero-order chi connectivity index (χ0) is 16.9. The average Bonchev–Trinajstić information content (AvgIpc) is 3.04. The van der Waals surface area contributed by atoms with Gasteiger partial charge in [0, 0.05) is 39.2 Å². The standard InChI is InChI=1S/C18H18N4O2/c1-14(23)21-9-11-22(12-10-21)18-16(13-19)20-17(24-18)8-7-15-5-3-2-4-6-15/h2-8H,9-12H2,1H3. The maximum absolute atomic E-state index is 11.4. The van der Waals surface area contributed by atoms with Crippen LogP contribution in [0.15, 0.2) is 34.7 Å². The summed E-state index contributed by atoms with van der Waals surface area (Å²) < 4.78 is 5.76. The molecule has 0 saturated carbocycles. The summed E-state index contributed by atoms with van der Waals surface area (Å²) in [5.74, 6) is 0.951. The van der Waals surface area contributed by atoms with Gasteiger partial charge in [0.25, 0.3) is 0 Å². The second-order valence-electron chi connectivity index (χ2n) is 5.55. The predicted molar refractivity (Wildman–Crippen MR) is 91.1 cm³/mol. The first-order valence-electron chi connectivity index (χ1n) is 7.82. The van der Waals surface area contributed by atoms with E-state index >= 15 is 0 Å². The number of carbonyl (C=O) groups excluding carboxylic acids is 1. The molecule has 0 bridgehead atoms. The third-order valence-electron chi connectivity index (χ3n) is 3.96. The molecule has 122 valence electrons. The van der Waals surface area contributed by atoms with Gasteiger partial charge in [-0.3, -0.25) is 4.79 Å². The van der Waals surface area contributed by atoms with E-state index in [0.29, 0.717) is 38.0 Å². The number of amides is 1. The molecule has 0 N–H and O–H groups in total. The topological polar surface area (TPSA) is 73.4 Å². The van der Waals surface area contributed by atoms with Gasteiger partial charge in [0.05, 0.1) is 0 Å². The molecule has 1 aliphatic rings. The predicted octanol–water partition coefficient (Wildman–Crippen LogP) is 2.39. The van der Waals surface area contributed by atoms with Gasteiger partial charge >= 0.3 is 0 Å². The lowest BCUT2D eigenvalue weighted by Gasteiger charge is -2.33. The van der Waals surface area contributed by atoms with Crippen molar-refractivity contribution in [3.8, 4) is 6.07 Å². The third kappa shape index (κ3) is 3.46. The second-order valence-corrected chi connectivity index (χ2v) is 5.55. The van der Waals surface area contributed by atoms with Crippen molar-refractivity contribution in [1.29, 1.82) is 5.26 Å². The van der Waals surface area contributed by atoms with Crippen molar-refractivity contribution in [2.24, 2.45) is 0 Å². The molecule has 1 aromatic heterocycles. The van der Waals surface area contributed by atoms with Gasteiger partial charge in [-0.2, -0.15) is 10.2 Å². The molecule has 1 aliphatic heterocycles. The van der Waals surface area contributed by atoms with E-state index < -0.39 is 0 Å². The minimum absolute atomic E-state index is 0.0687. The van der Waals surface area contributed by atoms with E-state index in [0.717, 1.165) is 5.56 Å². The largest absolute Gasteiger partial charge is 0.420 e. The Balaban J connectivity index is 1.75. The molecule has 2 heterocycles. The zero-order valence-corrected chi connectivity index (χ0v) is 13.5. The van der Waals surface area contributed by atoms with Crippen LogP contribution in [0.5, 0.6) is 0 Å². The molecule has 1 fully saturated rings. The molecule has 0 spiro atoms. The Morgan fingerprint density at radius 1 is 1.21 bits per heavy atom. The highest BCUT2D eigenvalue weighted by Crippen LogP contribution is 2.24. The minimum atomic E-state index is 0.0687. The van der Waals surface area contributed by atoms with Crippen molar-refractivity contribution >= 4 is 23.9 Å². The van der Waals surface area contributed by atoms with E-state index in [1.54, 1.807) is 17.9 Å². The highest BCUT2D eigenvalue weighted by Gasteiger charge is 2.24. The maximum atomic E-state index is 11.4. The summed E-state index contributed by atoms with van der Waals surface area (Å²) in [7, 11) is 0. The molecule has 2 aromatic rings. The van der Waals surface area contributed by atoms with Crippen molar-refractivity contribution in [1.82, 2.24) is 9.88 Å². The van der Waals surface area contributed by atoms with Gasteiger partial charge in [-0.15, -0.1) is 0 Å². The second kappa shape index (κ2) is 7.01. The number of benzene rings is 1. The summed E-state index contributed by atoms with van der Waals surface area (Å²) in [6, 6.07) is 11.9. The Morgan fingerprint density at radius 2 is 1.92 bits per heavy atom. The van der Waals surface area contributed by atoms with E-state index in [9.17, 15) is 10.1 Å². The van der Waals surface area contributed by atoms with Crippen molar-refractivity contribution in [2.75, 3.05) is 31.1 Å². The molecule has 1 amide bonds. The first-order chi connectivity index (χ1) is 11.7. The van der Waals surface area contributed by atoms with Crippen LogP contribution in [0.4, 0.5) is 5.88 Å². The van der Waals surface area contributed by atoms with E-state index in [4.69, 9.17) is 4.42 Å². The number of piperazine rings is 1. The number of carbonyl (C=O) groups is 1. The number of rotatable bonds is 3. The quantitative estimate of drug-likeness (QED) is 0.867. The van der Waals surface area contributed by atoms with Gasteiger partial charge in [-0.1, -0.05) is 30.3 Å². The van der Waals surface area contributed by atoms with Crippen LogP contribution in [-0.2, 0) is 4.79 Å². The maximum Gasteiger partial charge on any atom is 0.235 e. The number of hydrogen-bond donors (Lipinski definition) is 0. The number of nitriles is 1. The summed E-state index contributed by atoms with van der Waals surface area (Å²) in [4.78, 5) is 19.4. The lowest BCUT2D eigenvalue weighted by Crippen LogP contribution is -2.48. The number of hydrogen-bond acceptors (Lipinski definition) is 5. The SMILES string of the molecule is CC(=O)N1CCN(c2oc(C=Cc3ccccc3)nc2C#N)CC1. The summed E-state index contributed by atoms with van der Waals surface area (Å²) in [6.45, 7) is 4.07. The molecule has 24 heavy (non-hydrogen) atoms. The normalized spacial score (nSPS) is 14.8. The zero-order valence-electron chi connectivity index (χ0n) is 13.5. The van der Waals surface area contributed by atoms with Crippen LogP contribution in [0.1, 0.15) is 24.1 Å². The van der Waals surface area contributed by atoms with Gasteiger partial charge < -0.3 is 14.2 Å². The number of anilines is 1. The van der Waals surface area contributed by atoms with Crippen molar-refractivity contribution in [3.05, 3.63) is 47.5 Å². The Kier molecular flexibility index (Phi) is 4.62. The fraction of sp³-hybridized carbons (Fsp3) is 0.278. The molecule has 0 radical (unpaired) electrons. The molecule has 0 unspecified atom stereocenters. The summed E-state index contributed by atoms with van der Waals surface area (Å²) in [6.07, 6.45) is 3.65. The van der Waals surface area contributed by atoms with Crippen LogP contribution in [-0.4, -0.2) is 42.0 Å². The third-order valence-corrected chi connectivity index (χ3v) is 3.96. The fourth-order valence-electron chi connectivity index (χ4n) is 2.64. The van der Waals surface area contributed by atoms with Gasteiger partial charge in [0.2, 0.25) is 23.4 Å². The van der Waals surface area contributed by atoms with E-state index in [2.05, 4.69) is 11.1 Å². The monoisotopic (exact) mass is 322 g/mol. The molecule has 0 atom stereocenters. The van der Waals surface area contributed by atoms with Crippen LogP contribution < -0.4 is 4.90 Å². The first-order valence-corrected chi connectivity index (χ1v) is 7.82. The Morgan fingerprint density at radius 3 is 2.54 bits per heavy atom. The van der Waals surface area contributed by atoms with E-state index in [-0.39, 0.29) is 11.6 Å². The average molecular weight is 322 g/mol. The highest BCUT2D eigenvalue weighted by molar-refractivity contribution is 5.73. The molecule has 0 aliphatic carbocycles. The molecule has 6 nitrogen and oxygen atoms in total. The molecule has 1 aromatic carbocycles. The molecule has 3 rings (SSSR count). The van der Waals surface area contributed by atoms with E-state index in [1.807, 2.05) is 41.3 Å². The first kappa shape index (κ1) is 15.8. The van der Waals surface area contributed by atoms with Crippen molar-refractivity contribution in [3.63, 3.8) is 0 Å². The van der Waals surface area contributed by atoms with Crippen molar-refractivity contribution < 1.29 is 9.21 Å². The van der Waals surface area contributed by atoms with E-state index in [1.165, 1.54) is 0 Å². The number of aromatic nitrogens is 1. The molecule has 1 saturated heterocycles. The molecular weight excluding hydrogens is 304 g/mol. The van der Waals surface area contributed by atoms with Crippen LogP contribution >= 0.6 is 0 Å². The van der Waals surface area contributed by atoms with Gasteiger partial charge in [-0.25, -0.2) is 0 Å². The number of nitrogens with zero attached hydrogens (tertiary/aromatic N) is 4.